The maximum atomic E-state index is 12.3. The molecule has 0 N–H and O–H groups in total. The molecule has 1 atom stereocenters. The van der Waals surface area contributed by atoms with Gasteiger partial charge in [0.2, 0.25) is 10.0 Å². The van der Waals surface area contributed by atoms with Gasteiger partial charge in [-0.3, -0.25) is 4.68 Å². The number of methoxy groups -OCH3 is 1. The Bertz CT molecular complexity index is 489. The van der Waals surface area contributed by atoms with Crippen molar-refractivity contribution in [1.29, 1.82) is 0 Å². The number of ether oxygens (including phenoxy) is 1. The maximum Gasteiger partial charge on any atom is 0.246 e. The molecule has 0 amide bonds. The van der Waals surface area contributed by atoms with Crippen LogP contribution in [-0.4, -0.2) is 55.2 Å². The van der Waals surface area contributed by atoms with Gasteiger partial charge in [-0.25, -0.2) is 8.42 Å². The second-order valence-corrected chi connectivity index (χ2v) is 6.74. The van der Waals surface area contributed by atoms with Crippen molar-refractivity contribution >= 4 is 21.6 Å². The molecular weight excluding hydrogens is 290 g/mol. The van der Waals surface area contributed by atoms with Crippen molar-refractivity contribution in [2.24, 2.45) is 0 Å². The molecule has 0 saturated carbocycles. The lowest BCUT2D eigenvalue weighted by Crippen LogP contribution is -2.33. The maximum absolute atomic E-state index is 12.3. The minimum atomic E-state index is -3.51. The molecule has 0 aliphatic heterocycles. The Labute approximate surface area is 119 Å². The summed E-state index contributed by atoms with van der Waals surface area (Å²) in [6.07, 6.45) is 3.47. The Kier molecular flexibility index (Phi) is 6.25. The lowest BCUT2D eigenvalue weighted by atomic mass is 10.4. The third-order valence-electron chi connectivity index (χ3n) is 2.76. The van der Waals surface area contributed by atoms with E-state index in [0.29, 0.717) is 19.0 Å². The Morgan fingerprint density at radius 2 is 2.26 bits per heavy atom. The second kappa shape index (κ2) is 7.23. The molecule has 1 aromatic rings. The normalized spacial score (nSPS) is 13.9. The number of likely N-dealkylation sites (N-methyl/N-ethyl adjacent to an activating group) is 1. The minimum Gasteiger partial charge on any atom is -0.380 e. The fourth-order valence-corrected chi connectivity index (χ4v) is 2.86. The van der Waals surface area contributed by atoms with Crippen LogP contribution < -0.4 is 0 Å². The van der Waals surface area contributed by atoms with Crippen LogP contribution in [0.25, 0.3) is 0 Å². The van der Waals surface area contributed by atoms with Crippen LogP contribution in [0.15, 0.2) is 17.3 Å². The van der Waals surface area contributed by atoms with E-state index < -0.39 is 10.0 Å². The standard InChI is InChI=1S/C11H20ClN3O3S/c1-10(18-3)8-14(2)19(16,17)11-7-13-15(9-11)6-4-5-12/h7,9-10H,4-6,8H2,1-3H3. The number of aryl methyl sites for hydroxylation is 1. The second-order valence-electron chi connectivity index (χ2n) is 4.31. The molecular formula is C11H20ClN3O3S. The first-order valence-electron chi connectivity index (χ1n) is 5.99. The molecule has 0 fully saturated rings. The highest BCUT2D eigenvalue weighted by Gasteiger charge is 2.23. The molecule has 1 rings (SSSR count). The minimum absolute atomic E-state index is 0.161. The Hall–Kier alpha value is -0.630. The highest BCUT2D eigenvalue weighted by atomic mass is 35.5. The van der Waals surface area contributed by atoms with E-state index in [1.807, 2.05) is 6.92 Å². The third kappa shape index (κ3) is 4.45. The number of hydrogen-bond donors (Lipinski definition) is 0. The molecule has 1 heterocycles. The smallest absolute Gasteiger partial charge is 0.246 e. The van der Waals surface area contributed by atoms with E-state index in [1.165, 1.54) is 23.7 Å². The molecule has 0 saturated heterocycles. The van der Waals surface area contributed by atoms with Crippen molar-refractivity contribution in [3.8, 4) is 0 Å². The van der Waals surface area contributed by atoms with Gasteiger partial charge in [0.05, 0.1) is 12.3 Å². The Balaban J connectivity index is 2.79. The zero-order valence-electron chi connectivity index (χ0n) is 11.4. The molecule has 0 radical (unpaired) electrons. The summed E-state index contributed by atoms with van der Waals surface area (Å²) in [4.78, 5) is 0.188. The SMILES string of the molecule is COC(C)CN(C)S(=O)(=O)c1cnn(CCCCl)c1. The highest BCUT2D eigenvalue weighted by Crippen LogP contribution is 2.14. The average Bonchev–Trinajstić information content (AvgIpc) is 2.85. The van der Waals surface area contributed by atoms with Crippen molar-refractivity contribution in [3.05, 3.63) is 12.4 Å². The van der Waals surface area contributed by atoms with Gasteiger partial charge in [0.25, 0.3) is 0 Å². The van der Waals surface area contributed by atoms with E-state index in [-0.39, 0.29) is 11.0 Å². The van der Waals surface area contributed by atoms with E-state index in [1.54, 1.807) is 11.8 Å². The summed E-state index contributed by atoms with van der Waals surface area (Å²) < 4.78 is 32.4. The van der Waals surface area contributed by atoms with Crippen molar-refractivity contribution < 1.29 is 13.2 Å². The molecule has 1 aromatic heterocycles. The molecule has 8 heteroatoms. The van der Waals surface area contributed by atoms with Crippen LogP contribution in [0, 0.1) is 0 Å². The van der Waals surface area contributed by atoms with Gasteiger partial charge in [0, 0.05) is 39.3 Å². The van der Waals surface area contributed by atoms with Gasteiger partial charge in [-0.15, -0.1) is 11.6 Å². The van der Waals surface area contributed by atoms with Crippen LogP contribution in [0.3, 0.4) is 0 Å². The molecule has 0 aromatic carbocycles. The van der Waals surface area contributed by atoms with Gasteiger partial charge < -0.3 is 4.74 Å². The van der Waals surface area contributed by atoms with Gasteiger partial charge >= 0.3 is 0 Å². The molecule has 0 aliphatic carbocycles. The summed E-state index contributed by atoms with van der Waals surface area (Å²) in [5.41, 5.74) is 0. The van der Waals surface area contributed by atoms with Crippen LogP contribution in [0.5, 0.6) is 0 Å². The summed E-state index contributed by atoms with van der Waals surface area (Å²) in [5.74, 6) is 0.521. The first kappa shape index (κ1) is 16.4. The van der Waals surface area contributed by atoms with E-state index in [4.69, 9.17) is 16.3 Å². The van der Waals surface area contributed by atoms with Gasteiger partial charge in [-0.1, -0.05) is 0 Å². The van der Waals surface area contributed by atoms with Crippen LogP contribution >= 0.6 is 11.6 Å². The van der Waals surface area contributed by atoms with Crippen LogP contribution in [0.4, 0.5) is 0 Å². The Morgan fingerprint density at radius 1 is 1.58 bits per heavy atom. The topological polar surface area (TPSA) is 64.4 Å². The summed E-state index contributed by atoms with van der Waals surface area (Å²) in [5, 5.41) is 4.02. The average molecular weight is 310 g/mol. The van der Waals surface area contributed by atoms with Gasteiger partial charge in [-0.05, 0) is 13.3 Å². The van der Waals surface area contributed by atoms with E-state index in [2.05, 4.69) is 5.10 Å². The first-order chi connectivity index (χ1) is 8.91. The predicted molar refractivity (Wildman–Crippen MR) is 73.9 cm³/mol. The lowest BCUT2D eigenvalue weighted by Gasteiger charge is -2.19. The van der Waals surface area contributed by atoms with E-state index in [9.17, 15) is 8.42 Å². The van der Waals surface area contributed by atoms with Crippen LogP contribution in [0.2, 0.25) is 0 Å². The molecule has 0 spiro atoms. The molecule has 110 valence electrons. The molecule has 19 heavy (non-hydrogen) atoms. The highest BCUT2D eigenvalue weighted by molar-refractivity contribution is 7.89. The summed E-state index contributed by atoms with van der Waals surface area (Å²) in [7, 11) is -0.432. The third-order valence-corrected chi connectivity index (χ3v) is 4.80. The fraction of sp³-hybridized carbons (Fsp3) is 0.727. The number of sulfonamides is 1. The molecule has 0 bridgehead atoms. The summed E-state index contributed by atoms with van der Waals surface area (Å²) in [6.45, 7) is 2.72. The van der Waals surface area contributed by atoms with Crippen molar-refractivity contribution in [3.63, 3.8) is 0 Å². The van der Waals surface area contributed by atoms with E-state index in [0.717, 1.165) is 6.42 Å². The number of alkyl halides is 1. The van der Waals surface area contributed by atoms with Crippen LogP contribution in [0.1, 0.15) is 13.3 Å². The van der Waals surface area contributed by atoms with Crippen molar-refractivity contribution in [2.45, 2.75) is 30.9 Å². The number of aromatic nitrogens is 2. The van der Waals surface area contributed by atoms with E-state index >= 15 is 0 Å². The predicted octanol–water partition coefficient (Wildman–Crippen LogP) is 1.17. The van der Waals surface area contributed by atoms with Crippen molar-refractivity contribution in [2.75, 3.05) is 26.6 Å². The van der Waals surface area contributed by atoms with Crippen LogP contribution in [-0.2, 0) is 21.3 Å². The Morgan fingerprint density at radius 3 is 2.84 bits per heavy atom. The fourth-order valence-electron chi connectivity index (χ4n) is 1.54. The number of nitrogens with zero attached hydrogens (tertiary/aromatic N) is 3. The van der Waals surface area contributed by atoms with Gasteiger partial charge in [0.15, 0.2) is 0 Å². The van der Waals surface area contributed by atoms with Crippen molar-refractivity contribution in [1.82, 2.24) is 14.1 Å². The number of rotatable bonds is 8. The molecule has 1 unspecified atom stereocenters. The number of halogens is 1. The zero-order valence-corrected chi connectivity index (χ0v) is 13.0. The van der Waals surface area contributed by atoms with Gasteiger partial charge in [0.1, 0.15) is 4.90 Å². The largest absolute Gasteiger partial charge is 0.380 e. The summed E-state index contributed by atoms with van der Waals surface area (Å²) in [6, 6.07) is 0. The molecule has 0 aliphatic rings. The zero-order chi connectivity index (χ0) is 14.5. The lowest BCUT2D eigenvalue weighted by molar-refractivity contribution is 0.104. The summed E-state index contributed by atoms with van der Waals surface area (Å²) >= 11 is 5.59. The quantitative estimate of drug-likeness (QED) is 0.676. The monoisotopic (exact) mass is 309 g/mol. The molecule has 6 nitrogen and oxygen atoms in total. The first-order valence-corrected chi connectivity index (χ1v) is 7.96. The number of hydrogen-bond acceptors (Lipinski definition) is 4. The van der Waals surface area contributed by atoms with Gasteiger partial charge in [-0.2, -0.15) is 9.40 Å².